The van der Waals surface area contributed by atoms with Gasteiger partial charge in [0.15, 0.2) is 6.10 Å². The molecule has 4 rings (SSSR count). The number of esters is 1. The van der Waals surface area contributed by atoms with E-state index in [1.807, 2.05) is 6.92 Å². The monoisotopic (exact) mass is 511 g/mol. The maximum absolute atomic E-state index is 13.1. The maximum atomic E-state index is 13.1. The van der Waals surface area contributed by atoms with Crippen molar-refractivity contribution in [2.45, 2.75) is 66.9 Å². The van der Waals surface area contributed by atoms with Gasteiger partial charge in [0, 0.05) is 22.4 Å². The first-order valence-corrected chi connectivity index (χ1v) is 13.1. The van der Waals surface area contributed by atoms with Gasteiger partial charge in [0.05, 0.1) is 12.2 Å². The van der Waals surface area contributed by atoms with Crippen molar-refractivity contribution in [2.75, 3.05) is 11.9 Å². The third-order valence-corrected chi connectivity index (χ3v) is 7.98. The van der Waals surface area contributed by atoms with E-state index in [1.54, 1.807) is 32.0 Å². The largest absolute Gasteiger partial charge is 0.481 e. The Morgan fingerprint density at radius 3 is 2.69 bits per heavy atom. The van der Waals surface area contributed by atoms with Gasteiger partial charge in [-0.3, -0.25) is 4.79 Å². The molecule has 2 heterocycles. The molecule has 7 nitrogen and oxygen atoms in total. The predicted octanol–water partition coefficient (Wildman–Crippen LogP) is 5.90. The first-order chi connectivity index (χ1) is 17.0. The summed E-state index contributed by atoms with van der Waals surface area (Å²) >= 11 is 1.46. The van der Waals surface area contributed by atoms with Gasteiger partial charge in [-0.05, 0) is 74.6 Å². The molecule has 3 aromatic rings. The van der Waals surface area contributed by atoms with E-state index < -0.39 is 17.7 Å². The molecule has 1 amide bonds. The lowest BCUT2D eigenvalue weighted by Gasteiger charge is -2.33. The third kappa shape index (κ3) is 5.33. The average Bonchev–Trinajstić information content (AvgIpc) is 3.15. The Balaban J connectivity index is 1.56. The van der Waals surface area contributed by atoms with Crippen molar-refractivity contribution in [3.8, 4) is 5.75 Å². The smallest absolute Gasteiger partial charge is 0.341 e. The number of benzene rings is 1. The van der Waals surface area contributed by atoms with Crippen LogP contribution in [0.3, 0.4) is 0 Å². The zero-order valence-corrected chi connectivity index (χ0v) is 22.5. The highest BCUT2D eigenvalue weighted by Crippen LogP contribution is 2.44. The van der Waals surface area contributed by atoms with Gasteiger partial charge in [0.1, 0.15) is 16.3 Å². The van der Waals surface area contributed by atoms with Crippen LogP contribution in [0.1, 0.15) is 67.4 Å². The Kier molecular flexibility index (Phi) is 7.27. The van der Waals surface area contributed by atoms with Crippen molar-refractivity contribution < 1.29 is 23.5 Å². The molecular formula is C28H33NO6S. The second-order valence-corrected chi connectivity index (χ2v) is 11.5. The molecule has 192 valence electrons. The number of ether oxygens (including phenoxy) is 2. The van der Waals surface area contributed by atoms with Gasteiger partial charge >= 0.3 is 11.6 Å². The van der Waals surface area contributed by atoms with Crippen LogP contribution in [0.2, 0.25) is 0 Å². The molecule has 0 bridgehead atoms. The molecule has 0 fully saturated rings. The summed E-state index contributed by atoms with van der Waals surface area (Å²) in [6, 6.07) is 6.57. The summed E-state index contributed by atoms with van der Waals surface area (Å²) in [6.45, 7) is 12.2. The Morgan fingerprint density at radius 1 is 1.25 bits per heavy atom. The summed E-state index contributed by atoms with van der Waals surface area (Å²) < 4.78 is 16.5. The lowest BCUT2D eigenvalue weighted by Crippen LogP contribution is -2.30. The van der Waals surface area contributed by atoms with E-state index in [9.17, 15) is 14.4 Å². The Bertz CT molecular complexity index is 1360. The number of rotatable bonds is 6. The molecule has 2 unspecified atom stereocenters. The molecule has 0 saturated carbocycles. The highest BCUT2D eigenvalue weighted by Gasteiger charge is 2.35. The van der Waals surface area contributed by atoms with Crippen molar-refractivity contribution in [1.82, 2.24) is 0 Å². The van der Waals surface area contributed by atoms with Gasteiger partial charge in [-0.2, -0.15) is 0 Å². The molecule has 1 aliphatic carbocycles. The third-order valence-electron chi connectivity index (χ3n) is 6.81. The lowest BCUT2D eigenvalue weighted by molar-refractivity contribution is -0.122. The van der Waals surface area contributed by atoms with Crippen LogP contribution < -0.4 is 15.7 Å². The van der Waals surface area contributed by atoms with E-state index in [0.717, 1.165) is 40.7 Å². The number of hydrogen-bond acceptors (Lipinski definition) is 7. The summed E-state index contributed by atoms with van der Waals surface area (Å²) in [4.78, 5) is 38.8. The standard InChI is InChI=1S/C28H33NO6S/c1-7-33-27(32)24-20-10-8-17(28(4,5)6)13-22(20)36-26(24)29-25(31)16(3)34-18-9-11-19-15(2)12-23(30)35-21(19)14-18/h9,11-12,14,16-17H,7-8,10,13H2,1-6H3,(H,29,31). The Labute approximate surface area is 214 Å². The Hall–Kier alpha value is -3.13. The molecular weight excluding hydrogens is 478 g/mol. The number of nitrogens with one attached hydrogen (secondary N) is 1. The number of carbonyl (C=O) groups excluding carboxylic acids is 2. The number of aryl methyl sites for hydroxylation is 1. The van der Waals surface area contributed by atoms with E-state index >= 15 is 0 Å². The second-order valence-electron chi connectivity index (χ2n) is 10.4. The van der Waals surface area contributed by atoms with Crippen LogP contribution in [0.4, 0.5) is 5.00 Å². The molecule has 1 N–H and O–H groups in total. The minimum atomic E-state index is -0.851. The van der Waals surface area contributed by atoms with Crippen LogP contribution in [0, 0.1) is 18.3 Å². The zero-order chi connectivity index (χ0) is 26.2. The molecule has 8 heteroatoms. The molecule has 0 radical (unpaired) electrons. The molecule has 36 heavy (non-hydrogen) atoms. The van der Waals surface area contributed by atoms with Crippen molar-refractivity contribution >= 4 is 39.2 Å². The highest BCUT2D eigenvalue weighted by molar-refractivity contribution is 7.17. The van der Waals surface area contributed by atoms with E-state index in [0.29, 0.717) is 27.8 Å². The van der Waals surface area contributed by atoms with Crippen molar-refractivity contribution in [3.63, 3.8) is 0 Å². The summed E-state index contributed by atoms with van der Waals surface area (Å²) in [6.07, 6.45) is 1.80. The molecule has 1 aromatic carbocycles. The second kappa shape index (κ2) is 10.1. The van der Waals surface area contributed by atoms with Gasteiger partial charge in [-0.15, -0.1) is 11.3 Å². The number of anilines is 1. The van der Waals surface area contributed by atoms with E-state index in [-0.39, 0.29) is 17.9 Å². The van der Waals surface area contributed by atoms with Gasteiger partial charge in [0.2, 0.25) is 0 Å². The predicted molar refractivity (Wildman–Crippen MR) is 141 cm³/mol. The molecule has 2 atom stereocenters. The normalized spacial score (nSPS) is 16.3. The number of thiophene rings is 1. The minimum absolute atomic E-state index is 0.162. The minimum Gasteiger partial charge on any atom is -0.481 e. The highest BCUT2D eigenvalue weighted by atomic mass is 32.1. The van der Waals surface area contributed by atoms with Crippen LogP contribution in [-0.2, 0) is 22.4 Å². The Morgan fingerprint density at radius 2 is 2.00 bits per heavy atom. The fraction of sp³-hybridized carbons (Fsp3) is 0.464. The quantitative estimate of drug-likeness (QED) is 0.327. The molecule has 0 saturated heterocycles. The first kappa shape index (κ1) is 25.9. The number of fused-ring (bicyclic) bond motifs is 2. The van der Waals surface area contributed by atoms with Crippen LogP contribution in [0.25, 0.3) is 11.0 Å². The fourth-order valence-electron chi connectivity index (χ4n) is 4.68. The number of carbonyl (C=O) groups is 2. The number of amides is 1. The van der Waals surface area contributed by atoms with E-state index in [1.165, 1.54) is 17.4 Å². The summed E-state index contributed by atoms with van der Waals surface area (Å²) in [5.41, 5.74) is 2.38. The van der Waals surface area contributed by atoms with E-state index in [2.05, 4.69) is 26.1 Å². The topological polar surface area (TPSA) is 94.8 Å². The van der Waals surface area contributed by atoms with Crippen LogP contribution in [-0.4, -0.2) is 24.6 Å². The van der Waals surface area contributed by atoms with Gasteiger partial charge in [-0.1, -0.05) is 20.8 Å². The van der Waals surface area contributed by atoms with Crippen molar-refractivity contribution in [1.29, 1.82) is 0 Å². The summed E-state index contributed by atoms with van der Waals surface area (Å²) in [5, 5.41) is 4.23. The first-order valence-electron chi connectivity index (χ1n) is 12.3. The summed E-state index contributed by atoms with van der Waals surface area (Å²) in [7, 11) is 0. The zero-order valence-electron chi connectivity index (χ0n) is 21.7. The van der Waals surface area contributed by atoms with Crippen LogP contribution >= 0.6 is 11.3 Å². The van der Waals surface area contributed by atoms with Gasteiger partial charge in [0.25, 0.3) is 5.91 Å². The SMILES string of the molecule is CCOC(=O)c1c(NC(=O)C(C)Oc2ccc3c(C)cc(=O)oc3c2)sc2c1CCC(C(C)(C)C)C2. The molecule has 2 aromatic heterocycles. The molecule has 0 spiro atoms. The number of hydrogen-bond donors (Lipinski definition) is 1. The van der Waals surface area contributed by atoms with Crippen LogP contribution in [0.5, 0.6) is 5.75 Å². The van der Waals surface area contributed by atoms with E-state index in [4.69, 9.17) is 13.9 Å². The van der Waals surface area contributed by atoms with Gasteiger partial charge in [-0.25, -0.2) is 9.59 Å². The summed E-state index contributed by atoms with van der Waals surface area (Å²) in [5.74, 6) is 0.120. The van der Waals surface area contributed by atoms with Crippen molar-refractivity contribution in [2.24, 2.45) is 11.3 Å². The van der Waals surface area contributed by atoms with Gasteiger partial charge < -0.3 is 19.2 Å². The maximum Gasteiger partial charge on any atom is 0.341 e. The lowest BCUT2D eigenvalue weighted by atomic mass is 9.72. The van der Waals surface area contributed by atoms with Crippen molar-refractivity contribution in [3.05, 3.63) is 56.3 Å². The fourth-order valence-corrected chi connectivity index (χ4v) is 6.00. The van der Waals surface area contributed by atoms with Crippen LogP contribution in [0.15, 0.2) is 33.5 Å². The molecule has 1 aliphatic rings. The molecule has 0 aliphatic heterocycles. The average molecular weight is 512 g/mol.